The Morgan fingerprint density at radius 1 is 1.17 bits per heavy atom. The zero-order valence-electron chi connectivity index (χ0n) is 14.6. The van der Waals surface area contributed by atoms with Crippen LogP contribution < -0.4 is 5.32 Å². The third-order valence-corrected chi connectivity index (χ3v) is 3.70. The first-order chi connectivity index (χ1) is 11.4. The highest BCUT2D eigenvalue weighted by molar-refractivity contribution is 5.93. The van der Waals surface area contributed by atoms with E-state index in [4.69, 9.17) is 4.74 Å². The van der Waals surface area contributed by atoms with Crippen LogP contribution in [0.2, 0.25) is 0 Å². The summed E-state index contributed by atoms with van der Waals surface area (Å²) < 4.78 is 6.97. The van der Waals surface area contributed by atoms with Gasteiger partial charge in [-0.05, 0) is 38.5 Å². The fourth-order valence-corrected chi connectivity index (χ4v) is 2.46. The molecule has 2 aromatic rings. The van der Waals surface area contributed by atoms with Crippen LogP contribution in [0, 0.1) is 6.92 Å². The van der Waals surface area contributed by atoms with E-state index < -0.39 is 6.04 Å². The quantitative estimate of drug-likeness (QED) is 0.829. The third-order valence-electron chi connectivity index (χ3n) is 3.70. The molecular formula is C19H24N2O3. The molecule has 0 saturated carbocycles. The SMILES string of the molecule is Cc1ccc(C(CC(=O)OC(C)C)NC(=O)c2cccn2C)cc1. The Kier molecular flexibility index (Phi) is 5.79. The summed E-state index contributed by atoms with van der Waals surface area (Å²) in [5, 5.41) is 2.94. The topological polar surface area (TPSA) is 60.3 Å². The van der Waals surface area contributed by atoms with Gasteiger partial charge in [-0.1, -0.05) is 29.8 Å². The van der Waals surface area contributed by atoms with Gasteiger partial charge in [0, 0.05) is 13.2 Å². The Morgan fingerprint density at radius 2 is 1.83 bits per heavy atom. The van der Waals surface area contributed by atoms with Crippen LogP contribution in [0.5, 0.6) is 0 Å². The molecule has 0 spiro atoms. The highest BCUT2D eigenvalue weighted by atomic mass is 16.5. The van der Waals surface area contributed by atoms with E-state index >= 15 is 0 Å². The first-order valence-corrected chi connectivity index (χ1v) is 8.05. The standard InChI is InChI=1S/C19H24N2O3/c1-13(2)24-18(22)12-16(15-9-7-14(3)8-10-15)20-19(23)17-6-5-11-21(17)4/h5-11,13,16H,12H2,1-4H3,(H,20,23). The number of nitrogens with one attached hydrogen (secondary N) is 1. The second-order valence-electron chi connectivity index (χ2n) is 6.18. The van der Waals surface area contributed by atoms with Crippen molar-refractivity contribution in [1.29, 1.82) is 0 Å². The van der Waals surface area contributed by atoms with Crippen molar-refractivity contribution in [3.05, 3.63) is 59.4 Å². The van der Waals surface area contributed by atoms with Gasteiger partial charge in [0.15, 0.2) is 0 Å². The summed E-state index contributed by atoms with van der Waals surface area (Å²) in [6, 6.07) is 10.9. The van der Waals surface area contributed by atoms with Crippen molar-refractivity contribution in [3.8, 4) is 0 Å². The smallest absolute Gasteiger partial charge is 0.308 e. The summed E-state index contributed by atoms with van der Waals surface area (Å²) >= 11 is 0. The Labute approximate surface area is 142 Å². The lowest BCUT2D eigenvalue weighted by Crippen LogP contribution is -2.32. The number of carbonyl (C=O) groups excluding carboxylic acids is 2. The molecule has 0 aliphatic rings. The molecule has 128 valence electrons. The molecule has 0 fully saturated rings. The lowest BCUT2D eigenvalue weighted by atomic mass is 10.0. The molecular weight excluding hydrogens is 304 g/mol. The molecule has 1 amide bonds. The molecule has 0 saturated heterocycles. The number of amides is 1. The van der Waals surface area contributed by atoms with Crippen molar-refractivity contribution in [3.63, 3.8) is 0 Å². The summed E-state index contributed by atoms with van der Waals surface area (Å²) in [5.74, 6) is -0.548. The Balaban J connectivity index is 2.19. The lowest BCUT2D eigenvalue weighted by molar-refractivity contribution is -0.147. The number of esters is 1. The van der Waals surface area contributed by atoms with Crippen molar-refractivity contribution < 1.29 is 14.3 Å². The maximum Gasteiger partial charge on any atom is 0.308 e. The highest BCUT2D eigenvalue weighted by Gasteiger charge is 2.21. The molecule has 1 atom stereocenters. The van der Waals surface area contributed by atoms with E-state index in [1.54, 1.807) is 24.5 Å². The van der Waals surface area contributed by atoms with E-state index in [2.05, 4.69) is 5.32 Å². The second-order valence-corrected chi connectivity index (χ2v) is 6.18. The number of carbonyl (C=O) groups is 2. The molecule has 5 heteroatoms. The van der Waals surface area contributed by atoms with Gasteiger partial charge >= 0.3 is 5.97 Å². The van der Waals surface area contributed by atoms with Crippen molar-refractivity contribution in [1.82, 2.24) is 9.88 Å². The number of ether oxygens (including phenoxy) is 1. The van der Waals surface area contributed by atoms with Crippen LogP contribution in [0.4, 0.5) is 0 Å². The fourth-order valence-electron chi connectivity index (χ4n) is 2.46. The van der Waals surface area contributed by atoms with Gasteiger partial charge in [0.2, 0.25) is 0 Å². The number of hydrogen-bond acceptors (Lipinski definition) is 3. The van der Waals surface area contributed by atoms with Crippen molar-refractivity contribution in [2.45, 2.75) is 39.3 Å². The van der Waals surface area contributed by atoms with Gasteiger partial charge in [0.25, 0.3) is 5.91 Å². The molecule has 0 radical (unpaired) electrons. The molecule has 0 aliphatic carbocycles. The first kappa shape index (κ1) is 17.8. The van der Waals surface area contributed by atoms with Crippen LogP contribution in [0.1, 0.15) is 47.9 Å². The molecule has 1 aromatic heterocycles. The summed E-state index contributed by atoms with van der Waals surface area (Å²) in [5.41, 5.74) is 2.55. The van der Waals surface area contributed by atoms with E-state index in [1.165, 1.54) is 0 Å². The van der Waals surface area contributed by atoms with Crippen molar-refractivity contribution >= 4 is 11.9 Å². The van der Waals surface area contributed by atoms with Crippen LogP contribution in [0.25, 0.3) is 0 Å². The fraction of sp³-hybridized carbons (Fsp3) is 0.368. The predicted molar refractivity (Wildman–Crippen MR) is 92.6 cm³/mol. The number of aromatic nitrogens is 1. The van der Waals surface area contributed by atoms with Gasteiger partial charge in [0.05, 0.1) is 18.6 Å². The van der Waals surface area contributed by atoms with E-state index in [9.17, 15) is 9.59 Å². The molecule has 0 bridgehead atoms. The molecule has 24 heavy (non-hydrogen) atoms. The lowest BCUT2D eigenvalue weighted by Gasteiger charge is -2.20. The zero-order valence-corrected chi connectivity index (χ0v) is 14.6. The minimum Gasteiger partial charge on any atom is -0.463 e. The monoisotopic (exact) mass is 328 g/mol. The normalized spacial score (nSPS) is 12.0. The van der Waals surface area contributed by atoms with Gasteiger partial charge in [-0.3, -0.25) is 9.59 Å². The average molecular weight is 328 g/mol. The van der Waals surface area contributed by atoms with Crippen LogP contribution in [-0.4, -0.2) is 22.5 Å². The largest absolute Gasteiger partial charge is 0.463 e. The molecule has 1 N–H and O–H groups in total. The molecule has 1 unspecified atom stereocenters. The average Bonchev–Trinajstić information content (AvgIpc) is 2.92. The summed E-state index contributed by atoms with van der Waals surface area (Å²) in [7, 11) is 1.81. The highest BCUT2D eigenvalue weighted by Crippen LogP contribution is 2.19. The van der Waals surface area contributed by atoms with Crippen LogP contribution in [-0.2, 0) is 16.6 Å². The summed E-state index contributed by atoms with van der Waals surface area (Å²) in [6.07, 6.45) is 1.72. The Morgan fingerprint density at radius 3 is 2.38 bits per heavy atom. The van der Waals surface area contributed by atoms with Gasteiger partial charge in [0.1, 0.15) is 5.69 Å². The molecule has 0 aliphatic heterocycles. The first-order valence-electron chi connectivity index (χ1n) is 8.05. The number of hydrogen-bond donors (Lipinski definition) is 1. The minimum absolute atomic E-state index is 0.0946. The summed E-state index contributed by atoms with van der Waals surface area (Å²) in [6.45, 7) is 5.61. The van der Waals surface area contributed by atoms with E-state index in [0.29, 0.717) is 5.69 Å². The van der Waals surface area contributed by atoms with Crippen molar-refractivity contribution in [2.24, 2.45) is 7.05 Å². The zero-order chi connectivity index (χ0) is 17.7. The molecule has 2 rings (SSSR count). The van der Waals surface area contributed by atoms with Gasteiger partial charge in [-0.25, -0.2) is 0 Å². The van der Waals surface area contributed by atoms with Crippen LogP contribution in [0.15, 0.2) is 42.6 Å². The van der Waals surface area contributed by atoms with Crippen molar-refractivity contribution in [2.75, 3.05) is 0 Å². The summed E-state index contributed by atoms with van der Waals surface area (Å²) in [4.78, 5) is 24.6. The minimum atomic E-state index is -0.431. The Hall–Kier alpha value is -2.56. The maximum atomic E-state index is 12.5. The van der Waals surface area contributed by atoms with E-state index in [1.807, 2.05) is 50.5 Å². The molecule has 1 heterocycles. The third kappa shape index (κ3) is 4.72. The van der Waals surface area contributed by atoms with Gasteiger partial charge in [-0.15, -0.1) is 0 Å². The molecule has 1 aromatic carbocycles. The number of rotatable bonds is 6. The maximum absolute atomic E-state index is 12.5. The number of nitrogens with zero attached hydrogens (tertiary/aromatic N) is 1. The second kappa shape index (κ2) is 7.81. The number of aryl methyl sites for hydroxylation is 2. The molecule has 5 nitrogen and oxygen atoms in total. The van der Waals surface area contributed by atoms with E-state index in [-0.39, 0.29) is 24.4 Å². The number of benzene rings is 1. The Bertz CT molecular complexity index is 702. The van der Waals surface area contributed by atoms with Crippen LogP contribution >= 0.6 is 0 Å². The van der Waals surface area contributed by atoms with E-state index in [0.717, 1.165) is 11.1 Å². The predicted octanol–water partition coefficient (Wildman–Crippen LogP) is 3.15. The van der Waals surface area contributed by atoms with Gasteiger partial charge in [-0.2, -0.15) is 0 Å². The van der Waals surface area contributed by atoms with Gasteiger partial charge < -0.3 is 14.6 Å². The van der Waals surface area contributed by atoms with Crippen LogP contribution in [0.3, 0.4) is 0 Å².